The number of aliphatic carboxylic acids is 1. The fourth-order valence-corrected chi connectivity index (χ4v) is 3.19. The Bertz CT molecular complexity index is 484. The third kappa shape index (κ3) is 4.35. The number of carboxylic acids is 1. The van der Waals surface area contributed by atoms with Crippen LogP contribution in [0.3, 0.4) is 0 Å². The lowest BCUT2D eigenvalue weighted by atomic mass is 10.0. The first-order valence-electron chi connectivity index (χ1n) is 7.41. The molecule has 1 unspecified atom stereocenters. The van der Waals surface area contributed by atoms with E-state index in [1.807, 2.05) is 18.2 Å². The molecule has 1 heterocycles. The van der Waals surface area contributed by atoms with Crippen LogP contribution in [0.1, 0.15) is 43.7 Å². The highest BCUT2D eigenvalue weighted by molar-refractivity contribution is 6.32. The summed E-state index contributed by atoms with van der Waals surface area (Å²) in [6.45, 7) is 1.89. The minimum absolute atomic E-state index is 0.0999. The Hall–Kier alpha value is -1.26. The van der Waals surface area contributed by atoms with E-state index in [4.69, 9.17) is 16.3 Å². The lowest BCUT2D eigenvalue weighted by molar-refractivity contribution is -0.138. The van der Waals surface area contributed by atoms with Crippen LogP contribution in [0.25, 0.3) is 0 Å². The molecular formula is C16H22ClNO3. The van der Waals surface area contributed by atoms with E-state index in [1.165, 1.54) is 12.8 Å². The first-order valence-corrected chi connectivity index (χ1v) is 7.79. The second-order valence-corrected chi connectivity index (χ2v) is 5.87. The standard InChI is InChI=1S/C16H22ClNO3/c1-21-15-7-6-12(10-13(15)17)14(11-16(19)20)18-8-4-2-3-5-9-18/h6-7,10,14H,2-5,8-9,11H2,1H3,(H,19,20). The molecular weight excluding hydrogens is 290 g/mol. The van der Waals surface area contributed by atoms with Gasteiger partial charge in [-0.15, -0.1) is 0 Å². The van der Waals surface area contributed by atoms with Gasteiger partial charge in [-0.25, -0.2) is 0 Å². The Morgan fingerprint density at radius 2 is 2.00 bits per heavy atom. The van der Waals surface area contributed by atoms with Gasteiger partial charge in [0.05, 0.1) is 18.6 Å². The van der Waals surface area contributed by atoms with Gasteiger partial charge in [0.1, 0.15) is 5.75 Å². The summed E-state index contributed by atoms with van der Waals surface area (Å²) in [5, 5.41) is 9.76. The molecule has 1 fully saturated rings. The molecule has 1 aromatic rings. The van der Waals surface area contributed by atoms with Crippen LogP contribution >= 0.6 is 11.6 Å². The monoisotopic (exact) mass is 311 g/mol. The third-order valence-electron chi connectivity index (χ3n) is 4.01. The normalized spacial score (nSPS) is 18.0. The summed E-state index contributed by atoms with van der Waals surface area (Å²) in [4.78, 5) is 13.5. The van der Waals surface area contributed by atoms with Crippen molar-refractivity contribution < 1.29 is 14.6 Å². The topological polar surface area (TPSA) is 49.8 Å². The highest BCUT2D eigenvalue weighted by Crippen LogP contribution is 2.32. The maximum absolute atomic E-state index is 11.2. The molecule has 0 bridgehead atoms. The fourth-order valence-electron chi connectivity index (χ4n) is 2.92. The van der Waals surface area contributed by atoms with E-state index in [-0.39, 0.29) is 12.5 Å². The average molecular weight is 312 g/mol. The van der Waals surface area contributed by atoms with Gasteiger partial charge in [-0.1, -0.05) is 30.5 Å². The van der Waals surface area contributed by atoms with Crippen LogP contribution in [0.15, 0.2) is 18.2 Å². The predicted molar refractivity (Wildman–Crippen MR) is 83.0 cm³/mol. The van der Waals surface area contributed by atoms with Crippen molar-refractivity contribution in [3.63, 3.8) is 0 Å². The van der Waals surface area contributed by atoms with Crippen molar-refractivity contribution >= 4 is 17.6 Å². The van der Waals surface area contributed by atoms with E-state index in [0.717, 1.165) is 31.5 Å². The molecule has 1 aliphatic heterocycles. The van der Waals surface area contributed by atoms with Crippen molar-refractivity contribution in [2.45, 2.75) is 38.1 Å². The van der Waals surface area contributed by atoms with E-state index in [0.29, 0.717) is 10.8 Å². The first-order chi connectivity index (χ1) is 10.1. The summed E-state index contributed by atoms with van der Waals surface area (Å²) in [5.41, 5.74) is 0.949. The SMILES string of the molecule is COc1ccc(C(CC(=O)O)N2CCCCCC2)cc1Cl. The number of rotatable bonds is 5. The molecule has 1 N–H and O–H groups in total. The number of ether oxygens (including phenoxy) is 1. The van der Waals surface area contributed by atoms with Crippen LogP contribution in [0.5, 0.6) is 5.75 Å². The van der Waals surface area contributed by atoms with Crippen molar-refractivity contribution in [3.8, 4) is 5.75 Å². The molecule has 1 atom stereocenters. The van der Waals surface area contributed by atoms with Gasteiger partial charge in [-0.2, -0.15) is 0 Å². The molecule has 0 saturated carbocycles. The van der Waals surface area contributed by atoms with Crippen molar-refractivity contribution in [3.05, 3.63) is 28.8 Å². The van der Waals surface area contributed by atoms with Crippen LogP contribution in [0, 0.1) is 0 Å². The van der Waals surface area contributed by atoms with E-state index >= 15 is 0 Å². The Balaban J connectivity index is 2.25. The van der Waals surface area contributed by atoms with Crippen LogP contribution in [0.4, 0.5) is 0 Å². The lowest BCUT2D eigenvalue weighted by Crippen LogP contribution is -2.31. The molecule has 1 aliphatic rings. The number of carboxylic acid groups (broad SMARTS) is 1. The number of methoxy groups -OCH3 is 1. The number of likely N-dealkylation sites (tertiary alicyclic amines) is 1. The van der Waals surface area contributed by atoms with E-state index < -0.39 is 5.97 Å². The van der Waals surface area contributed by atoms with Gasteiger partial charge in [0.2, 0.25) is 0 Å². The van der Waals surface area contributed by atoms with Crippen LogP contribution in [-0.2, 0) is 4.79 Å². The molecule has 1 saturated heterocycles. The molecule has 5 heteroatoms. The highest BCUT2D eigenvalue weighted by Gasteiger charge is 2.24. The molecule has 0 aromatic heterocycles. The maximum atomic E-state index is 11.2. The zero-order valence-corrected chi connectivity index (χ0v) is 13.1. The van der Waals surface area contributed by atoms with Crippen LogP contribution < -0.4 is 4.74 Å². The maximum Gasteiger partial charge on any atom is 0.305 e. The Morgan fingerprint density at radius 3 is 2.52 bits per heavy atom. The van der Waals surface area contributed by atoms with Crippen LogP contribution in [-0.4, -0.2) is 36.2 Å². The molecule has 1 aromatic carbocycles. The number of halogens is 1. The molecule has 0 aliphatic carbocycles. The van der Waals surface area contributed by atoms with E-state index in [9.17, 15) is 9.90 Å². The molecule has 2 rings (SSSR count). The largest absolute Gasteiger partial charge is 0.495 e. The number of carbonyl (C=O) groups is 1. The highest BCUT2D eigenvalue weighted by atomic mass is 35.5. The average Bonchev–Trinajstić information content (AvgIpc) is 2.73. The molecule has 21 heavy (non-hydrogen) atoms. The Labute approximate surface area is 130 Å². The van der Waals surface area contributed by atoms with Crippen molar-refractivity contribution in [1.29, 1.82) is 0 Å². The van der Waals surface area contributed by atoms with E-state index in [1.54, 1.807) is 7.11 Å². The number of hydrogen-bond acceptors (Lipinski definition) is 3. The summed E-state index contributed by atoms with van der Waals surface area (Å²) in [7, 11) is 1.57. The predicted octanol–water partition coefficient (Wildman–Crippen LogP) is 3.74. The molecule has 116 valence electrons. The zero-order chi connectivity index (χ0) is 15.2. The van der Waals surface area contributed by atoms with Gasteiger partial charge in [0.25, 0.3) is 0 Å². The number of nitrogens with zero attached hydrogens (tertiary/aromatic N) is 1. The van der Waals surface area contributed by atoms with E-state index in [2.05, 4.69) is 4.90 Å². The molecule has 0 radical (unpaired) electrons. The van der Waals surface area contributed by atoms with Gasteiger partial charge < -0.3 is 9.84 Å². The number of benzene rings is 1. The Kier molecular flexibility index (Phi) is 5.88. The lowest BCUT2D eigenvalue weighted by Gasteiger charge is -2.30. The number of hydrogen-bond donors (Lipinski definition) is 1. The third-order valence-corrected chi connectivity index (χ3v) is 4.31. The summed E-state index contributed by atoms with van der Waals surface area (Å²) >= 11 is 6.19. The smallest absolute Gasteiger partial charge is 0.305 e. The molecule has 0 spiro atoms. The van der Waals surface area contributed by atoms with Gasteiger partial charge in [0, 0.05) is 6.04 Å². The fraction of sp³-hybridized carbons (Fsp3) is 0.562. The van der Waals surface area contributed by atoms with Crippen molar-refractivity contribution in [2.24, 2.45) is 0 Å². The van der Waals surface area contributed by atoms with Crippen LogP contribution in [0.2, 0.25) is 5.02 Å². The second-order valence-electron chi connectivity index (χ2n) is 5.46. The summed E-state index contributed by atoms with van der Waals surface area (Å²) in [6.07, 6.45) is 4.79. The zero-order valence-electron chi connectivity index (χ0n) is 12.3. The van der Waals surface area contributed by atoms with Gasteiger partial charge in [-0.05, 0) is 43.6 Å². The van der Waals surface area contributed by atoms with Crippen molar-refractivity contribution in [1.82, 2.24) is 4.90 Å². The Morgan fingerprint density at radius 1 is 1.33 bits per heavy atom. The molecule has 4 nitrogen and oxygen atoms in total. The quantitative estimate of drug-likeness (QED) is 0.900. The summed E-state index contributed by atoms with van der Waals surface area (Å²) in [6, 6.07) is 5.44. The summed E-state index contributed by atoms with van der Waals surface area (Å²) in [5.74, 6) is -0.165. The minimum Gasteiger partial charge on any atom is -0.495 e. The van der Waals surface area contributed by atoms with Crippen molar-refractivity contribution in [2.75, 3.05) is 20.2 Å². The molecule has 0 amide bonds. The van der Waals surface area contributed by atoms with Gasteiger partial charge in [-0.3, -0.25) is 9.69 Å². The minimum atomic E-state index is -0.781. The second kappa shape index (κ2) is 7.66. The summed E-state index contributed by atoms with van der Waals surface area (Å²) < 4.78 is 5.16. The first kappa shape index (κ1) is 16.1. The van der Waals surface area contributed by atoms with Gasteiger partial charge in [0.15, 0.2) is 0 Å². The van der Waals surface area contributed by atoms with Gasteiger partial charge >= 0.3 is 5.97 Å².